The molecule has 17 nitrogen and oxygen atoms in total. The number of carbonyl (C=O) groups is 5. The fourth-order valence-electron chi connectivity index (χ4n) is 5.58. The third-order valence-corrected chi connectivity index (χ3v) is 9.89. The van der Waals surface area contributed by atoms with Crippen molar-refractivity contribution in [3.63, 3.8) is 0 Å². The largest absolute Gasteiger partial charge is 0.603 e. The quantitative estimate of drug-likeness (QED) is 0.106. The van der Waals surface area contributed by atoms with Gasteiger partial charge in [-0.05, 0) is 12.8 Å². The van der Waals surface area contributed by atoms with Crippen LogP contribution in [0.1, 0.15) is 70.8 Å². The maximum absolute atomic E-state index is 14.1. The topological polar surface area (TPSA) is 202 Å². The van der Waals surface area contributed by atoms with E-state index in [1.165, 1.54) is 9.80 Å². The number of unbranched alkanes of at least 4 members (excludes halogenated alkanes) is 1. The molecule has 4 rings (SSSR count). The molecule has 56 heavy (non-hydrogen) atoms. The third-order valence-electron chi connectivity index (χ3n) is 9.00. The Hall–Kier alpha value is -4.70. The van der Waals surface area contributed by atoms with E-state index in [-0.39, 0.29) is 44.4 Å². The van der Waals surface area contributed by atoms with E-state index < -0.39 is 62.2 Å². The predicted octanol–water partition coefficient (Wildman–Crippen LogP) is 3.11. The van der Waals surface area contributed by atoms with E-state index in [2.05, 4.69) is 10.3 Å². The van der Waals surface area contributed by atoms with Gasteiger partial charge in [0.25, 0.3) is 5.91 Å². The van der Waals surface area contributed by atoms with E-state index >= 15 is 0 Å². The van der Waals surface area contributed by atoms with Crippen LogP contribution in [0, 0.1) is 11.8 Å². The average Bonchev–Trinajstić information content (AvgIpc) is 3.69. The lowest BCUT2D eigenvalue weighted by Crippen LogP contribution is -2.56. The summed E-state index contributed by atoms with van der Waals surface area (Å²) in [6.07, 6.45) is 1.61. The Bertz CT molecular complexity index is 1670. The molecule has 2 saturated heterocycles. The number of nitrogens with zero attached hydrogens (tertiary/aromatic N) is 5. The minimum absolute atomic E-state index is 0.00550. The summed E-state index contributed by atoms with van der Waals surface area (Å²) in [5, 5.41) is 2.76. The second-order valence-corrected chi connectivity index (χ2v) is 15.1. The van der Waals surface area contributed by atoms with Gasteiger partial charge in [0.05, 0.1) is 24.5 Å². The highest BCUT2D eigenvalue weighted by Gasteiger charge is 2.33. The van der Waals surface area contributed by atoms with Gasteiger partial charge in [0.1, 0.15) is 23.4 Å². The van der Waals surface area contributed by atoms with Crippen molar-refractivity contribution in [3.05, 3.63) is 42.1 Å². The summed E-state index contributed by atoms with van der Waals surface area (Å²) < 4.78 is 26.5. The van der Waals surface area contributed by atoms with Gasteiger partial charge in [0.15, 0.2) is 5.82 Å². The highest BCUT2D eigenvalue weighted by atomic mass is 31.1. The zero-order valence-electron chi connectivity index (χ0n) is 32.9. The van der Waals surface area contributed by atoms with Crippen molar-refractivity contribution in [1.29, 1.82) is 0 Å². The molecule has 0 bridgehead atoms. The number of methoxy groups -OCH3 is 1. The third kappa shape index (κ3) is 12.9. The Morgan fingerprint density at radius 2 is 1.59 bits per heavy atom. The molecule has 2 aliphatic heterocycles. The molecular formula is C38H53N6O11P. The SMILES string of the molecule is CCCCOC(=O)N1CCN(C(=O)[C@H](C/C=[P+](\[O-])OC(OC(=O)C(C)C)OC(=O)C(C)C)NC(=O)c2cc(N3CC[C@H](OC)C3)nc(-c3ccccc3)n2)CC1. The number of amides is 3. The Balaban J connectivity index is 1.59. The number of anilines is 1. The van der Waals surface area contributed by atoms with Crippen molar-refractivity contribution in [2.75, 3.05) is 57.9 Å². The number of nitrogens with one attached hydrogen (secondary N) is 1. The number of hydrogen-bond acceptors (Lipinski definition) is 14. The first kappa shape index (κ1) is 44.0. The lowest BCUT2D eigenvalue weighted by atomic mass is 10.1. The molecule has 1 aromatic heterocycles. The smallest absolute Gasteiger partial charge is 0.409 e. The average molecular weight is 801 g/mol. The van der Waals surface area contributed by atoms with Crippen molar-refractivity contribution in [2.45, 2.75) is 78.9 Å². The van der Waals surface area contributed by atoms with Crippen LogP contribution in [-0.2, 0) is 37.9 Å². The number of aromatic nitrogens is 2. The summed E-state index contributed by atoms with van der Waals surface area (Å²) in [6.45, 7) is 8.56. The fraction of sp³-hybridized carbons (Fsp3) is 0.579. The Morgan fingerprint density at radius 3 is 2.18 bits per heavy atom. The summed E-state index contributed by atoms with van der Waals surface area (Å²) in [5.41, 5.74) is 0.673. The van der Waals surface area contributed by atoms with E-state index in [1.807, 2.05) is 42.2 Å². The van der Waals surface area contributed by atoms with Gasteiger partial charge < -0.3 is 43.9 Å². The van der Waals surface area contributed by atoms with Gasteiger partial charge in [0, 0.05) is 64.4 Å². The van der Waals surface area contributed by atoms with E-state index in [1.54, 1.807) is 40.9 Å². The van der Waals surface area contributed by atoms with Crippen molar-refractivity contribution < 1.29 is 52.3 Å². The van der Waals surface area contributed by atoms with E-state index in [9.17, 15) is 28.9 Å². The molecular weight excluding hydrogens is 747 g/mol. The van der Waals surface area contributed by atoms with Crippen LogP contribution in [0.4, 0.5) is 10.6 Å². The van der Waals surface area contributed by atoms with E-state index in [0.717, 1.165) is 25.1 Å². The van der Waals surface area contributed by atoms with Gasteiger partial charge in [-0.15, -0.1) is 0 Å². The molecule has 1 N–H and O–H groups in total. The molecule has 1 aromatic carbocycles. The first-order chi connectivity index (χ1) is 26.8. The lowest BCUT2D eigenvalue weighted by Gasteiger charge is -2.35. The zero-order valence-corrected chi connectivity index (χ0v) is 33.8. The molecule has 3 amide bonds. The molecule has 306 valence electrons. The van der Waals surface area contributed by atoms with Crippen LogP contribution >= 0.6 is 8.00 Å². The molecule has 2 aromatic rings. The molecule has 0 aliphatic carbocycles. The molecule has 3 heterocycles. The molecule has 0 saturated carbocycles. The van der Waals surface area contributed by atoms with Gasteiger partial charge in [-0.25, -0.2) is 14.8 Å². The van der Waals surface area contributed by atoms with Crippen molar-refractivity contribution in [2.24, 2.45) is 11.8 Å². The fourth-order valence-corrected chi connectivity index (χ4v) is 6.31. The van der Waals surface area contributed by atoms with Crippen LogP contribution in [0.5, 0.6) is 0 Å². The van der Waals surface area contributed by atoms with Crippen molar-refractivity contribution >= 4 is 49.5 Å². The van der Waals surface area contributed by atoms with Crippen LogP contribution in [0.2, 0.25) is 0 Å². The predicted molar refractivity (Wildman–Crippen MR) is 205 cm³/mol. The first-order valence-corrected chi connectivity index (χ1v) is 20.1. The number of benzene rings is 1. The van der Waals surface area contributed by atoms with Gasteiger partial charge >= 0.3 is 24.5 Å². The second-order valence-electron chi connectivity index (χ2n) is 14.0. The Kier molecular flexibility index (Phi) is 16.9. The zero-order chi connectivity index (χ0) is 40.8. The molecule has 2 aliphatic rings. The number of hydrogen-bond donors (Lipinski definition) is 1. The molecule has 18 heteroatoms. The number of carbonyl (C=O) groups excluding carboxylic acids is 5. The maximum Gasteiger partial charge on any atom is 0.409 e. The van der Waals surface area contributed by atoms with Crippen LogP contribution < -0.4 is 15.1 Å². The van der Waals surface area contributed by atoms with Crippen LogP contribution in [0.25, 0.3) is 11.4 Å². The number of esters is 2. The lowest BCUT2D eigenvalue weighted by molar-refractivity contribution is -0.256. The Labute approximate surface area is 328 Å². The maximum atomic E-state index is 14.1. The van der Waals surface area contributed by atoms with E-state index in [4.69, 9.17) is 28.5 Å². The van der Waals surface area contributed by atoms with Crippen LogP contribution in [-0.4, -0.2) is 127 Å². The Morgan fingerprint density at radius 1 is 0.946 bits per heavy atom. The summed E-state index contributed by atoms with van der Waals surface area (Å²) >= 11 is 0. The van der Waals surface area contributed by atoms with Crippen molar-refractivity contribution in [3.8, 4) is 11.4 Å². The number of ether oxygens (including phenoxy) is 4. The summed E-state index contributed by atoms with van der Waals surface area (Å²) in [7, 11) is -1.17. The van der Waals surface area contributed by atoms with Gasteiger partial charge in [-0.3, -0.25) is 19.2 Å². The molecule has 0 spiro atoms. The van der Waals surface area contributed by atoms with Crippen molar-refractivity contribution in [1.82, 2.24) is 25.1 Å². The van der Waals surface area contributed by atoms with Gasteiger partial charge in [0.2, 0.25) is 13.9 Å². The summed E-state index contributed by atoms with van der Waals surface area (Å²) in [4.78, 5) is 92.9. The minimum Gasteiger partial charge on any atom is -0.603 e. The molecule has 2 fully saturated rings. The van der Waals surface area contributed by atoms with Crippen LogP contribution in [0.3, 0.4) is 0 Å². The highest BCUT2D eigenvalue weighted by Crippen LogP contribution is 2.25. The second kappa shape index (κ2) is 21.6. The number of piperazine rings is 1. The number of rotatable bonds is 17. The standard InChI is InChI=1S/C38H53N6O11P/c1-7-8-21-52-37(49)43-19-17-42(18-20-43)34(46)29(15-22-56(50)55-38(53-35(47)25(2)3)54-36(48)26(4)5)40-33(45)30-23-31(44-16-14-28(24-44)51-6)41-32(39-30)27-12-10-9-11-13-27/h9-13,22-23,25-26,28-29,38H,7-8,14-21,24H2,1-6H3,(H,40,45)/t28-,29-/m0/s1. The normalized spacial score (nSPS) is 16.6. The molecule has 3 atom stereocenters. The summed E-state index contributed by atoms with van der Waals surface area (Å²) in [6, 6.07) is 9.44. The van der Waals surface area contributed by atoms with E-state index in [0.29, 0.717) is 36.9 Å². The van der Waals surface area contributed by atoms with Gasteiger partial charge in [-0.1, -0.05) is 75.9 Å². The minimum atomic E-state index is -2.82. The molecule has 0 radical (unpaired) electrons. The van der Waals surface area contributed by atoms with Gasteiger partial charge in [-0.2, -0.15) is 0 Å². The molecule has 1 unspecified atom stereocenters. The first-order valence-electron chi connectivity index (χ1n) is 18.9. The highest BCUT2D eigenvalue weighted by molar-refractivity contribution is 7.44. The monoisotopic (exact) mass is 800 g/mol. The summed E-state index contributed by atoms with van der Waals surface area (Å²) in [5.74, 6) is -1.97. The van der Waals surface area contributed by atoms with Crippen LogP contribution in [0.15, 0.2) is 36.4 Å².